The Labute approximate surface area is 471 Å². The lowest BCUT2D eigenvalue weighted by Crippen LogP contribution is -2.30. The number of rotatable bonds is 59. The van der Waals surface area contributed by atoms with E-state index in [1.807, 2.05) is 6.08 Å². The van der Waals surface area contributed by atoms with E-state index in [0.717, 1.165) is 77.0 Å². The number of unbranched alkanes of at least 4 members (excludes halogenated alkanes) is 34. The molecule has 0 radical (unpaired) electrons. The minimum atomic E-state index is -0.816. The fraction of sp³-hybridized carbons (Fsp3) is 0.757. The van der Waals surface area contributed by atoms with Crippen LogP contribution in [0.2, 0.25) is 0 Å². The monoisotopic (exact) mass is 1060 g/mol. The zero-order chi connectivity index (χ0) is 55.0. The van der Waals surface area contributed by atoms with Gasteiger partial charge in [-0.2, -0.15) is 0 Å². The maximum absolute atomic E-state index is 12.9. The standard InChI is InChI=1S/C70H122O6/c1-4-7-10-13-16-19-22-25-28-30-32-33-34-35-36-37-39-40-42-45-48-51-54-57-60-63-69(72)75-66-67(65-74-68(71)62-59-56-53-50-47-44-27-24-21-18-15-12-9-6-3)76-70(73)64-61-58-55-52-49-46-43-41-38-31-29-26-23-20-17-14-11-8-5-2/h8,11,17,20,26,29-30,32,38,41,46,49,55,58,67H,4-7,9-10,12-16,18-19,21-25,27-28,31,33-37,39-40,42-45,47-48,50-54,56-57,59-66H2,1-3H3/b11-8-,20-17-,29-26-,32-30-,41-38-,49-46-,58-55-. The fourth-order valence-corrected chi connectivity index (χ4v) is 9.29. The maximum atomic E-state index is 12.9. The van der Waals surface area contributed by atoms with Gasteiger partial charge in [0.25, 0.3) is 0 Å². The van der Waals surface area contributed by atoms with E-state index in [2.05, 4.69) is 99.8 Å². The van der Waals surface area contributed by atoms with E-state index < -0.39 is 6.10 Å². The highest BCUT2D eigenvalue weighted by molar-refractivity contribution is 5.71. The predicted octanol–water partition coefficient (Wildman–Crippen LogP) is 22.3. The van der Waals surface area contributed by atoms with Crippen LogP contribution in [0.1, 0.15) is 323 Å². The Bertz CT molecular complexity index is 1450. The summed E-state index contributed by atoms with van der Waals surface area (Å²) in [6, 6.07) is 0. The van der Waals surface area contributed by atoms with Gasteiger partial charge in [-0.15, -0.1) is 0 Å². The highest BCUT2D eigenvalue weighted by Gasteiger charge is 2.19. The fourth-order valence-electron chi connectivity index (χ4n) is 9.29. The van der Waals surface area contributed by atoms with Gasteiger partial charge in [0.05, 0.1) is 0 Å². The number of allylic oxidation sites excluding steroid dienone is 14. The molecule has 1 unspecified atom stereocenters. The molecule has 0 aliphatic carbocycles. The second-order valence-corrected chi connectivity index (χ2v) is 21.6. The van der Waals surface area contributed by atoms with Gasteiger partial charge in [-0.3, -0.25) is 14.4 Å². The molecular formula is C70H122O6. The Morgan fingerprint density at radius 2 is 0.539 bits per heavy atom. The van der Waals surface area contributed by atoms with Gasteiger partial charge in [0, 0.05) is 19.3 Å². The Balaban J connectivity index is 4.38. The maximum Gasteiger partial charge on any atom is 0.306 e. The van der Waals surface area contributed by atoms with Crippen molar-refractivity contribution >= 4 is 17.9 Å². The van der Waals surface area contributed by atoms with Crippen molar-refractivity contribution in [1.29, 1.82) is 0 Å². The average molecular weight is 1060 g/mol. The SMILES string of the molecule is CC/C=C\C/C=C\C/C=C\C/C=C\C/C=C\C/C=C\CCC(=O)OC(COC(=O)CCCCCCCCCCCCCCCC)COC(=O)CCCCCCCCCCCCCCC/C=C\CCCCCCCCCC. The van der Waals surface area contributed by atoms with Crippen LogP contribution in [0.15, 0.2) is 85.1 Å². The molecular weight excluding hydrogens is 937 g/mol. The van der Waals surface area contributed by atoms with Gasteiger partial charge in [-0.25, -0.2) is 0 Å². The van der Waals surface area contributed by atoms with E-state index in [9.17, 15) is 14.4 Å². The Morgan fingerprint density at radius 3 is 0.855 bits per heavy atom. The number of carbonyl (C=O) groups is 3. The number of hydrogen-bond donors (Lipinski definition) is 0. The van der Waals surface area contributed by atoms with Crippen LogP contribution in [-0.2, 0) is 28.6 Å². The first-order valence-electron chi connectivity index (χ1n) is 32.6. The van der Waals surface area contributed by atoms with Gasteiger partial charge in [0.1, 0.15) is 13.2 Å². The molecule has 0 saturated carbocycles. The van der Waals surface area contributed by atoms with Crippen LogP contribution < -0.4 is 0 Å². The Hall–Kier alpha value is -3.41. The predicted molar refractivity (Wildman–Crippen MR) is 330 cm³/mol. The molecule has 6 nitrogen and oxygen atoms in total. The van der Waals surface area contributed by atoms with Crippen LogP contribution in [0.3, 0.4) is 0 Å². The highest BCUT2D eigenvalue weighted by Crippen LogP contribution is 2.17. The number of hydrogen-bond acceptors (Lipinski definition) is 6. The topological polar surface area (TPSA) is 78.9 Å². The lowest BCUT2D eigenvalue weighted by Gasteiger charge is -2.18. The van der Waals surface area contributed by atoms with Gasteiger partial charge in [-0.05, 0) is 83.5 Å². The van der Waals surface area contributed by atoms with E-state index in [1.165, 1.54) is 199 Å². The zero-order valence-electron chi connectivity index (χ0n) is 50.3. The van der Waals surface area contributed by atoms with Crippen LogP contribution in [0.25, 0.3) is 0 Å². The molecule has 0 rings (SSSR count). The first kappa shape index (κ1) is 72.6. The van der Waals surface area contributed by atoms with E-state index in [1.54, 1.807) is 0 Å². The largest absolute Gasteiger partial charge is 0.462 e. The van der Waals surface area contributed by atoms with Gasteiger partial charge in [0.15, 0.2) is 6.10 Å². The second-order valence-electron chi connectivity index (χ2n) is 21.6. The lowest BCUT2D eigenvalue weighted by molar-refractivity contribution is -0.166. The molecule has 1 atom stereocenters. The van der Waals surface area contributed by atoms with Crippen molar-refractivity contribution < 1.29 is 28.6 Å². The summed E-state index contributed by atoms with van der Waals surface area (Å²) in [6.45, 7) is 6.50. The molecule has 0 aliphatic heterocycles. The number of carbonyl (C=O) groups excluding carboxylic acids is 3. The van der Waals surface area contributed by atoms with Crippen LogP contribution in [0.4, 0.5) is 0 Å². The molecule has 0 aromatic heterocycles. The summed E-state index contributed by atoms with van der Waals surface area (Å²) < 4.78 is 16.9. The average Bonchev–Trinajstić information content (AvgIpc) is 3.42. The summed E-state index contributed by atoms with van der Waals surface area (Å²) in [7, 11) is 0. The third-order valence-corrected chi connectivity index (χ3v) is 14.1. The minimum Gasteiger partial charge on any atom is -0.462 e. The summed E-state index contributed by atoms with van der Waals surface area (Å²) in [4.78, 5) is 38.3. The first-order chi connectivity index (χ1) is 37.5. The summed E-state index contributed by atoms with van der Waals surface area (Å²) in [5, 5.41) is 0. The summed E-state index contributed by atoms with van der Waals surface area (Å²) >= 11 is 0. The van der Waals surface area contributed by atoms with Gasteiger partial charge in [-0.1, -0.05) is 305 Å². The van der Waals surface area contributed by atoms with E-state index in [0.29, 0.717) is 19.3 Å². The molecule has 0 amide bonds. The smallest absolute Gasteiger partial charge is 0.306 e. The number of esters is 3. The molecule has 0 heterocycles. The van der Waals surface area contributed by atoms with Crippen molar-refractivity contribution in [3.05, 3.63) is 85.1 Å². The first-order valence-corrected chi connectivity index (χ1v) is 32.6. The highest BCUT2D eigenvalue weighted by atomic mass is 16.6. The van der Waals surface area contributed by atoms with E-state index in [4.69, 9.17) is 14.2 Å². The molecule has 6 heteroatoms. The van der Waals surface area contributed by atoms with Crippen molar-refractivity contribution in [3.8, 4) is 0 Å². The van der Waals surface area contributed by atoms with Crippen molar-refractivity contribution in [2.45, 2.75) is 329 Å². The third kappa shape index (κ3) is 61.4. The number of ether oxygens (including phenoxy) is 3. The third-order valence-electron chi connectivity index (χ3n) is 14.1. The Morgan fingerprint density at radius 1 is 0.276 bits per heavy atom. The van der Waals surface area contributed by atoms with Crippen molar-refractivity contribution in [2.75, 3.05) is 13.2 Å². The summed E-state index contributed by atoms with van der Waals surface area (Å²) in [5.41, 5.74) is 0. The molecule has 0 bridgehead atoms. The van der Waals surface area contributed by atoms with Crippen molar-refractivity contribution in [1.82, 2.24) is 0 Å². The molecule has 0 aliphatic rings. The molecule has 438 valence electrons. The van der Waals surface area contributed by atoms with Gasteiger partial charge in [0.2, 0.25) is 0 Å². The molecule has 0 fully saturated rings. The van der Waals surface area contributed by atoms with Crippen LogP contribution in [-0.4, -0.2) is 37.2 Å². The molecule has 0 N–H and O–H groups in total. The molecule has 0 aromatic rings. The quantitative estimate of drug-likeness (QED) is 0.0261. The minimum absolute atomic E-state index is 0.103. The lowest BCUT2D eigenvalue weighted by atomic mass is 10.0. The molecule has 0 spiro atoms. The summed E-state index contributed by atoms with van der Waals surface area (Å²) in [6.07, 6.45) is 84.7. The van der Waals surface area contributed by atoms with E-state index in [-0.39, 0.29) is 37.5 Å². The Kier molecular flexibility index (Phi) is 61.2. The van der Waals surface area contributed by atoms with Gasteiger partial charge < -0.3 is 14.2 Å². The summed E-state index contributed by atoms with van der Waals surface area (Å²) in [5.74, 6) is -0.974. The molecule has 0 saturated heterocycles. The molecule has 76 heavy (non-hydrogen) atoms. The van der Waals surface area contributed by atoms with Crippen molar-refractivity contribution in [3.63, 3.8) is 0 Å². The zero-order valence-corrected chi connectivity index (χ0v) is 50.3. The normalized spacial score (nSPS) is 12.6. The van der Waals surface area contributed by atoms with E-state index >= 15 is 0 Å². The van der Waals surface area contributed by atoms with Gasteiger partial charge >= 0.3 is 17.9 Å². The second kappa shape index (κ2) is 64.1. The van der Waals surface area contributed by atoms with Crippen LogP contribution in [0, 0.1) is 0 Å². The molecule has 0 aromatic carbocycles. The van der Waals surface area contributed by atoms with Crippen LogP contribution in [0.5, 0.6) is 0 Å². The van der Waals surface area contributed by atoms with Crippen LogP contribution >= 0.6 is 0 Å². The van der Waals surface area contributed by atoms with Crippen molar-refractivity contribution in [2.24, 2.45) is 0 Å².